The van der Waals surface area contributed by atoms with Gasteiger partial charge in [-0.15, -0.1) is 0 Å². The van der Waals surface area contributed by atoms with Gasteiger partial charge in [0.1, 0.15) is 18.6 Å². The van der Waals surface area contributed by atoms with Crippen molar-refractivity contribution in [3.05, 3.63) is 28.8 Å². The highest BCUT2D eigenvalue weighted by Gasteiger charge is 2.31. The zero-order valence-corrected chi connectivity index (χ0v) is 31.7. The molecule has 0 saturated heterocycles. The predicted molar refractivity (Wildman–Crippen MR) is 187 cm³/mol. The minimum absolute atomic E-state index is 0.0190. The fourth-order valence-electron chi connectivity index (χ4n) is 3.93. The summed E-state index contributed by atoms with van der Waals surface area (Å²) in [7, 11) is 1.50. The topological polar surface area (TPSA) is 114 Å². The van der Waals surface area contributed by atoms with Crippen molar-refractivity contribution in [3.8, 4) is 5.75 Å². The third kappa shape index (κ3) is 23.0. The highest BCUT2D eigenvalue weighted by molar-refractivity contribution is 5.71. The number of hydrogen-bond acceptors (Lipinski definition) is 8. The largest absolute Gasteiger partial charge is 0.482 e. The lowest BCUT2D eigenvalue weighted by atomic mass is 9.72. The Hall–Kier alpha value is -2.45. The van der Waals surface area contributed by atoms with Crippen LogP contribution in [-0.2, 0) is 40.6 Å². The summed E-state index contributed by atoms with van der Waals surface area (Å²) < 4.78 is 21.6. The van der Waals surface area contributed by atoms with Crippen molar-refractivity contribution < 1.29 is 33.3 Å². The first-order chi connectivity index (χ1) is 20.8. The van der Waals surface area contributed by atoms with E-state index in [2.05, 4.69) is 53.3 Å². The number of hydrogen-bond donors (Lipinski definition) is 1. The number of carbonyl (C=O) groups is 3. The van der Waals surface area contributed by atoms with Gasteiger partial charge in [-0.3, -0.25) is 0 Å². The molecule has 0 spiro atoms. The van der Waals surface area contributed by atoms with Crippen LogP contribution in [0.4, 0.5) is 0 Å². The van der Waals surface area contributed by atoms with Crippen molar-refractivity contribution in [1.82, 2.24) is 0 Å². The van der Waals surface area contributed by atoms with Crippen LogP contribution in [0.3, 0.4) is 0 Å². The third-order valence-corrected chi connectivity index (χ3v) is 5.47. The minimum atomic E-state index is -0.450. The zero-order valence-electron chi connectivity index (χ0n) is 31.7. The van der Waals surface area contributed by atoms with Crippen molar-refractivity contribution in [2.45, 2.75) is 142 Å². The second-order valence-corrected chi connectivity index (χ2v) is 10.4. The van der Waals surface area contributed by atoms with Gasteiger partial charge in [0, 0.05) is 6.42 Å². The first-order valence-corrected chi connectivity index (χ1v) is 16.6. The van der Waals surface area contributed by atoms with Gasteiger partial charge < -0.3 is 29.5 Å². The van der Waals surface area contributed by atoms with E-state index in [0.29, 0.717) is 25.2 Å². The first-order valence-electron chi connectivity index (χ1n) is 16.6. The average molecular weight is 630 g/mol. The minimum Gasteiger partial charge on any atom is -0.482 e. The van der Waals surface area contributed by atoms with E-state index in [9.17, 15) is 14.4 Å². The van der Waals surface area contributed by atoms with Gasteiger partial charge in [-0.25, -0.2) is 9.59 Å². The highest BCUT2D eigenvalue weighted by atomic mass is 16.6. The van der Waals surface area contributed by atoms with Crippen LogP contribution in [-0.4, -0.2) is 51.7 Å². The van der Waals surface area contributed by atoms with Crippen LogP contribution in [0.15, 0.2) is 12.1 Å². The summed E-state index contributed by atoms with van der Waals surface area (Å²) in [4.78, 5) is 34.9. The molecule has 1 rings (SSSR count). The number of nitrogens with two attached hydrogens (primary N) is 1. The summed E-state index contributed by atoms with van der Waals surface area (Å²) in [6.45, 7) is 32.6. The van der Waals surface area contributed by atoms with Gasteiger partial charge in [0.05, 0.1) is 19.8 Å². The Kier molecular flexibility index (Phi) is 37.1. The number of carbonyl (C=O) groups excluding carboxylic acids is 3. The molecule has 0 amide bonds. The lowest BCUT2D eigenvalue weighted by Crippen LogP contribution is -2.23. The molecule has 1 atom stereocenters. The number of ether oxygens (including phenoxy) is 4. The van der Waals surface area contributed by atoms with Gasteiger partial charge in [-0.2, -0.15) is 0 Å². The van der Waals surface area contributed by atoms with Crippen molar-refractivity contribution >= 4 is 18.2 Å². The number of rotatable bonds is 13. The maximum atomic E-state index is 12.0. The lowest BCUT2D eigenvalue weighted by molar-refractivity contribution is -0.149. The summed E-state index contributed by atoms with van der Waals surface area (Å²) >= 11 is 0. The normalized spacial score (nSPS) is 10.5. The highest BCUT2D eigenvalue weighted by Crippen LogP contribution is 2.45. The molecule has 0 aliphatic heterocycles. The maximum absolute atomic E-state index is 12.0. The molecule has 8 nitrogen and oxygen atoms in total. The van der Waals surface area contributed by atoms with Gasteiger partial charge in [-0.1, -0.05) is 103 Å². The second kappa shape index (κ2) is 32.0. The molecule has 0 aromatic heterocycles. The molecule has 2 N–H and O–H groups in total. The standard InChI is InChI=1S/C27H42O7.4C2H6.CH5N/c1-9-32-24(29)17-31-16-19-14-23(34-18-25(30)33-10-2)20(15-22(19)27(6,7)8)21(12-11-13-28)26(3,4)5;5*1-2/h13-15,21H,9-12,16-18H2,1-8H3;4*1-2H3;2H2,1H3. The van der Waals surface area contributed by atoms with Crippen LogP contribution < -0.4 is 10.5 Å². The van der Waals surface area contributed by atoms with Crippen LogP contribution in [0.25, 0.3) is 0 Å². The summed E-state index contributed by atoms with van der Waals surface area (Å²) in [6, 6.07) is 3.99. The molecule has 1 aromatic rings. The number of benzene rings is 1. The van der Waals surface area contributed by atoms with Crippen molar-refractivity contribution in [2.75, 3.05) is 33.5 Å². The van der Waals surface area contributed by atoms with E-state index in [4.69, 9.17) is 18.9 Å². The van der Waals surface area contributed by atoms with E-state index >= 15 is 0 Å². The molecule has 0 aliphatic carbocycles. The quantitative estimate of drug-likeness (QED) is 0.170. The van der Waals surface area contributed by atoms with Crippen LogP contribution >= 0.6 is 0 Å². The molecule has 0 heterocycles. The van der Waals surface area contributed by atoms with Crippen LogP contribution in [0.2, 0.25) is 0 Å². The van der Waals surface area contributed by atoms with Crippen molar-refractivity contribution in [1.29, 1.82) is 0 Å². The first kappa shape index (κ1) is 51.1. The summed E-state index contributed by atoms with van der Waals surface area (Å²) in [5, 5.41) is 0. The van der Waals surface area contributed by atoms with E-state index in [1.165, 1.54) is 7.05 Å². The zero-order chi connectivity index (χ0) is 35.9. The Morgan fingerprint density at radius 1 is 0.795 bits per heavy atom. The Bertz CT molecular complexity index is 825. The lowest BCUT2D eigenvalue weighted by Gasteiger charge is -2.34. The van der Waals surface area contributed by atoms with Crippen molar-refractivity contribution in [2.24, 2.45) is 11.1 Å². The number of aldehydes is 1. The fourth-order valence-corrected chi connectivity index (χ4v) is 3.93. The molecule has 1 unspecified atom stereocenters. The molecule has 0 aliphatic rings. The van der Waals surface area contributed by atoms with E-state index in [1.54, 1.807) is 13.8 Å². The number of esters is 2. The molecule has 8 heteroatoms. The molecule has 0 radical (unpaired) electrons. The summed E-state index contributed by atoms with van der Waals surface area (Å²) in [5.41, 5.74) is 6.99. The molecule has 1 aromatic carbocycles. The Balaban J connectivity index is -0.000000457. The van der Waals surface area contributed by atoms with Crippen LogP contribution in [0, 0.1) is 5.41 Å². The van der Waals surface area contributed by atoms with Gasteiger partial charge in [-0.05, 0) is 66.8 Å². The third-order valence-electron chi connectivity index (χ3n) is 5.47. The smallest absolute Gasteiger partial charge is 0.344 e. The predicted octanol–water partition coefficient (Wildman–Crippen LogP) is 8.79. The summed E-state index contributed by atoms with van der Waals surface area (Å²) in [6.07, 6.45) is 2.01. The van der Waals surface area contributed by atoms with E-state index < -0.39 is 11.9 Å². The monoisotopic (exact) mass is 630 g/mol. The van der Waals surface area contributed by atoms with E-state index in [1.807, 2.05) is 61.5 Å². The van der Waals surface area contributed by atoms with Crippen molar-refractivity contribution in [3.63, 3.8) is 0 Å². The SMILES string of the molecule is CC.CC.CC.CC.CCOC(=O)COCc1cc(OCC(=O)OCC)c(C(CCC=O)C(C)(C)C)cc1C(C)(C)C.CN. The van der Waals surface area contributed by atoms with Crippen LogP contribution in [0.1, 0.15) is 146 Å². The van der Waals surface area contributed by atoms with Gasteiger partial charge >= 0.3 is 11.9 Å². The van der Waals surface area contributed by atoms with Gasteiger partial charge in [0.2, 0.25) is 0 Å². The molecule has 44 heavy (non-hydrogen) atoms. The Morgan fingerprint density at radius 3 is 1.64 bits per heavy atom. The maximum Gasteiger partial charge on any atom is 0.344 e. The Labute approximate surface area is 272 Å². The van der Waals surface area contributed by atoms with E-state index in [-0.39, 0.29) is 43.2 Å². The molecular weight excluding hydrogens is 558 g/mol. The fraction of sp³-hybridized carbons (Fsp3) is 0.750. The van der Waals surface area contributed by atoms with E-state index in [0.717, 1.165) is 23.0 Å². The Morgan fingerprint density at radius 2 is 1.25 bits per heavy atom. The van der Waals surface area contributed by atoms with Gasteiger partial charge in [0.15, 0.2) is 6.61 Å². The molecular formula is C36H71NO7. The molecule has 262 valence electrons. The van der Waals surface area contributed by atoms with Gasteiger partial charge in [0.25, 0.3) is 0 Å². The van der Waals surface area contributed by atoms with Crippen LogP contribution in [0.5, 0.6) is 5.75 Å². The molecule has 0 fully saturated rings. The molecule has 0 bridgehead atoms. The average Bonchev–Trinajstić information content (AvgIpc) is 3.01. The summed E-state index contributed by atoms with van der Waals surface area (Å²) in [5.74, 6) is -0.294. The second-order valence-electron chi connectivity index (χ2n) is 10.4. The molecule has 0 saturated carbocycles.